The van der Waals surface area contributed by atoms with Gasteiger partial charge in [0.25, 0.3) is 0 Å². The maximum atomic E-state index is 10.2. The van der Waals surface area contributed by atoms with Crippen molar-refractivity contribution in [1.29, 1.82) is 0 Å². The second-order valence-corrected chi connectivity index (χ2v) is 4.14. The van der Waals surface area contributed by atoms with Crippen LogP contribution in [-0.4, -0.2) is 11.6 Å². The third-order valence-electron chi connectivity index (χ3n) is 3.40. The van der Waals surface area contributed by atoms with Crippen molar-refractivity contribution in [2.75, 3.05) is 0 Å². The lowest BCUT2D eigenvalue weighted by Crippen LogP contribution is -2.22. The minimum Gasteiger partial charge on any atom is -0.211 e. The van der Waals surface area contributed by atoms with Crippen molar-refractivity contribution in [2.45, 2.75) is 50.5 Å². The Morgan fingerprint density at radius 3 is 2.33 bits per heavy atom. The third-order valence-corrected chi connectivity index (χ3v) is 3.40. The average molecular weight is 165 g/mol. The highest BCUT2D eigenvalue weighted by atomic mass is 16.1. The fourth-order valence-electron chi connectivity index (χ4n) is 2.47. The number of nitrogens with zero attached hydrogens (tertiary/aromatic N) is 1. The number of hydrogen-bond acceptors (Lipinski definition) is 2. The molecule has 0 aromatic heterocycles. The first kappa shape index (κ1) is 8.00. The van der Waals surface area contributed by atoms with Gasteiger partial charge >= 0.3 is 0 Å². The summed E-state index contributed by atoms with van der Waals surface area (Å²) >= 11 is 0. The average Bonchev–Trinajstić information content (AvgIpc) is 2.88. The molecule has 2 aliphatic rings. The number of rotatable bonds is 2. The van der Waals surface area contributed by atoms with E-state index in [0.29, 0.717) is 5.92 Å². The Bertz CT molecular complexity index is 208. The van der Waals surface area contributed by atoms with Crippen LogP contribution in [0.4, 0.5) is 0 Å². The Labute approximate surface area is 73.1 Å². The molecule has 0 N–H and O–H groups in total. The van der Waals surface area contributed by atoms with Gasteiger partial charge in [0.1, 0.15) is 0 Å². The molecule has 0 aromatic carbocycles. The van der Waals surface area contributed by atoms with Crippen LogP contribution in [0.5, 0.6) is 0 Å². The van der Waals surface area contributed by atoms with E-state index in [9.17, 15) is 4.79 Å². The first-order chi connectivity index (χ1) is 5.87. The molecule has 66 valence electrons. The summed E-state index contributed by atoms with van der Waals surface area (Å²) in [7, 11) is 0. The van der Waals surface area contributed by atoms with Gasteiger partial charge in [-0.3, -0.25) is 0 Å². The molecule has 2 nitrogen and oxygen atoms in total. The van der Waals surface area contributed by atoms with Gasteiger partial charge in [0.2, 0.25) is 6.08 Å². The van der Waals surface area contributed by atoms with Gasteiger partial charge in [0.05, 0.1) is 5.54 Å². The zero-order valence-corrected chi connectivity index (χ0v) is 7.38. The standard InChI is InChI=1S/C10H15NO/c12-8-11-10(6-7-10)9-4-2-1-3-5-9/h9H,1-7H2. The molecule has 0 radical (unpaired) electrons. The summed E-state index contributed by atoms with van der Waals surface area (Å²) in [6, 6.07) is 0. The summed E-state index contributed by atoms with van der Waals surface area (Å²) in [5.74, 6) is 0.702. The van der Waals surface area contributed by atoms with Crippen molar-refractivity contribution in [3.05, 3.63) is 0 Å². The molecule has 2 rings (SSSR count). The van der Waals surface area contributed by atoms with Crippen molar-refractivity contribution in [1.82, 2.24) is 0 Å². The minimum atomic E-state index is 0.0716. The van der Waals surface area contributed by atoms with E-state index >= 15 is 0 Å². The first-order valence-corrected chi connectivity index (χ1v) is 4.96. The third kappa shape index (κ3) is 1.32. The zero-order chi connectivity index (χ0) is 8.44. The topological polar surface area (TPSA) is 29.4 Å². The Hall–Kier alpha value is -0.620. The van der Waals surface area contributed by atoms with Crippen molar-refractivity contribution >= 4 is 6.08 Å². The van der Waals surface area contributed by atoms with Crippen LogP contribution in [0.15, 0.2) is 4.99 Å². The van der Waals surface area contributed by atoms with E-state index in [-0.39, 0.29) is 5.54 Å². The lowest BCUT2D eigenvalue weighted by Gasteiger charge is -2.26. The predicted molar refractivity (Wildman–Crippen MR) is 46.7 cm³/mol. The van der Waals surface area contributed by atoms with Crippen molar-refractivity contribution in [3.8, 4) is 0 Å². The molecule has 0 atom stereocenters. The summed E-state index contributed by atoms with van der Waals surface area (Å²) < 4.78 is 0. The smallest absolute Gasteiger partial charge is 0.211 e. The quantitative estimate of drug-likeness (QED) is 0.456. The lowest BCUT2D eigenvalue weighted by molar-refractivity contribution is 0.292. The number of aliphatic imine (C=N–C) groups is 1. The van der Waals surface area contributed by atoms with E-state index < -0.39 is 0 Å². The van der Waals surface area contributed by atoms with Crippen LogP contribution >= 0.6 is 0 Å². The van der Waals surface area contributed by atoms with E-state index in [1.807, 2.05) is 0 Å². The van der Waals surface area contributed by atoms with Gasteiger partial charge < -0.3 is 0 Å². The lowest BCUT2D eigenvalue weighted by atomic mass is 9.82. The van der Waals surface area contributed by atoms with E-state index in [4.69, 9.17) is 0 Å². The van der Waals surface area contributed by atoms with Crippen LogP contribution in [0.2, 0.25) is 0 Å². The highest BCUT2D eigenvalue weighted by molar-refractivity contribution is 5.37. The molecule has 2 heteroatoms. The van der Waals surface area contributed by atoms with Crippen molar-refractivity contribution < 1.29 is 4.79 Å². The fraction of sp³-hybridized carbons (Fsp3) is 0.900. The molecule has 0 heterocycles. The molecule has 2 aliphatic carbocycles. The van der Waals surface area contributed by atoms with Crippen LogP contribution in [0.1, 0.15) is 44.9 Å². The molecular weight excluding hydrogens is 150 g/mol. The Kier molecular flexibility index (Phi) is 2.02. The molecule has 0 aromatic rings. The predicted octanol–water partition coefficient (Wildman–Crippen LogP) is 2.44. The molecule has 2 fully saturated rings. The van der Waals surface area contributed by atoms with Crippen LogP contribution in [0.3, 0.4) is 0 Å². The zero-order valence-electron chi connectivity index (χ0n) is 7.38. The molecule has 12 heavy (non-hydrogen) atoms. The summed E-state index contributed by atoms with van der Waals surface area (Å²) in [5.41, 5.74) is 0.0716. The van der Waals surface area contributed by atoms with Crippen LogP contribution in [0.25, 0.3) is 0 Å². The normalized spacial score (nSPS) is 27.7. The molecule has 0 spiro atoms. The van der Waals surface area contributed by atoms with E-state index in [2.05, 4.69) is 4.99 Å². The maximum Gasteiger partial charge on any atom is 0.235 e. The Morgan fingerprint density at radius 2 is 1.83 bits per heavy atom. The summed E-state index contributed by atoms with van der Waals surface area (Å²) in [4.78, 5) is 14.2. The van der Waals surface area contributed by atoms with Crippen LogP contribution in [-0.2, 0) is 4.79 Å². The molecule has 0 saturated heterocycles. The highest BCUT2D eigenvalue weighted by Crippen LogP contribution is 2.51. The maximum absolute atomic E-state index is 10.2. The second kappa shape index (κ2) is 3.02. The van der Waals surface area contributed by atoms with Gasteiger partial charge in [0, 0.05) is 0 Å². The molecule has 0 amide bonds. The number of hydrogen-bond donors (Lipinski definition) is 0. The molecule has 0 aliphatic heterocycles. The van der Waals surface area contributed by atoms with Crippen molar-refractivity contribution in [3.63, 3.8) is 0 Å². The molecule has 0 bridgehead atoms. The molecule has 2 saturated carbocycles. The van der Waals surface area contributed by atoms with Gasteiger partial charge in [-0.25, -0.2) is 4.79 Å². The summed E-state index contributed by atoms with van der Waals surface area (Å²) in [6.07, 6.45) is 10.6. The Morgan fingerprint density at radius 1 is 1.17 bits per heavy atom. The van der Waals surface area contributed by atoms with Crippen LogP contribution < -0.4 is 0 Å². The van der Waals surface area contributed by atoms with Gasteiger partial charge in [-0.15, -0.1) is 0 Å². The van der Waals surface area contributed by atoms with Gasteiger partial charge in [0.15, 0.2) is 0 Å². The van der Waals surface area contributed by atoms with E-state index in [0.717, 1.165) is 12.8 Å². The number of carbonyl (C=O) groups excluding carboxylic acids is 1. The summed E-state index contributed by atoms with van der Waals surface area (Å²) in [5, 5.41) is 0. The van der Waals surface area contributed by atoms with Gasteiger partial charge in [-0.05, 0) is 31.6 Å². The van der Waals surface area contributed by atoms with Gasteiger partial charge in [-0.2, -0.15) is 4.99 Å². The molecule has 0 unspecified atom stereocenters. The largest absolute Gasteiger partial charge is 0.235 e. The number of isocyanates is 1. The SMILES string of the molecule is O=C=NC1(C2CCCCC2)CC1. The van der Waals surface area contributed by atoms with Crippen molar-refractivity contribution in [2.24, 2.45) is 10.9 Å². The minimum absolute atomic E-state index is 0.0716. The van der Waals surface area contributed by atoms with E-state index in [1.165, 1.54) is 32.1 Å². The highest BCUT2D eigenvalue weighted by Gasteiger charge is 2.49. The second-order valence-electron chi connectivity index (χ2n) is 4.14. The van der Waals surface area contributed by atoms with Gasteiger partial charge in [-0.1, -0.05) is 19.3 Å². The molecular formula is C10H15NO. The Balaban J connectivity index is 2.02. The van der Waals surface area contributed by atoms with E-state index in [1.54, 1.807) is 6.08 Å². The summed E-state index contributed by atoms with van der Waals surface area (Å²) in [6.45, 7) is 0. The fourth-order valence-corrected chi connectivity index (χ4v) is 2.47. The first-order valence-electron chi connectivity index (χ1n) is 4.96. The monoisotopic (exact) mass is 165 g/mol. The van der Waals surface area contributed by atoms with Crippen LogP contribution in [0, 0.1) is 5.92 Å².